The fraction of sp³-hybridized carbons (Fsp3) is 0.571. The van der Waals surface area contributed by atoms with Gasteiger partial charge in [-0.2, -0.15) is 0 Å². The maximum atomic E-state index is 11.9. The van der Waals surface area contributed by atoms with Crippen LogP contribution < -0.4 is 10.2 Å². The lowest BCUT2D eigenvalue weighted by molar-refractivity contribution is 0.0517. The van der Waals surface area contributed by atoms with Gasteiger partial charge in [0.15, 0.2) is 11.0 Å². The molecule has 0 atom stereocenters. The predicted molar refractivity (Wildman–Crippen MR) is 113 cm³/mol. The van der Waals surface area contributed by atoms with Crippen LogP contribution in [-0.2, 0) is 4.74 Å². The normalized spacial score (nSPS) is 15.7. The molecule has 3 rings (SSSR count). The fourth-order valence-electron chi connectivity index (χ4n) is 3.50. The standard InChI is InChI=1S/C21H29ClN4O2/c1-13-10-16-17(11-14(13)2)19(25-24-18(16)22)26-8-6-15(7-9-26)12-23-20(27)28-21(3,4)5/h10-11,15H,6-9,12H2,1-5H3,(H,23,27). The minimum absolute atomic E-state index is 0.352. The maximum Gasteiger partial charge on any atom is 0.407 e. The van der Waals surface area contributed by atoms with E-state index in [1.807, 2.05) is 20.8 Å². The average Bonchev–Trinajstić information content (AvgIpc) is 2.61. The Kier molecular flexibility index (Phi) is 5.98. The molecule has 0 unspecified atom stereocenters. The molecule has 2 heterocycles. The van der Waals surface area contributed by atoms with Crippen molar-refractivity contribution < 1.29 is 9.53 Å². The summed E-state index contributed by atoms with van der Waals surface area (Å²) in [5.41, 5.74) is 1.94. The molecule has 1 N–H and O–H groups in total. The lowest BCUT2D eigenvalue weighted by atomic mass is 9.96. The molecule has 152 valence electrons. The van der Waals surface area contributed by atoms with Crippen molar-refractivity contribution in [3.8, 4) is 0 Å². The topological polar surface area (TPSA) is 67.4 Å². The van der Waals surface area contributed by atoms with E-state index in [1.54, 1.807) is 0 Å². The Labute approximate surface area is 171 Å². The summed E-state index contributed by atoms with van der Waals surface area (Å²) >= 11 is 6.29. The first-order valence-electron chi connectivity index (χ1n) is 9.79. The summed E-state index contributed by atoms with van der Waals surface area (Å²) in [5.74, 6) is 1.32. The highest BCUT2D eigenvalue weighted by Crippen LogP contribution is 2.32. The Balaban J connectivity index is 1.65. The van der Waals surface area contributed by atoms with Crippen LogP contribution >= 0.6 is 11.6 Å². The van der Waals surface area contributed by atoms with Gasteiger partial charge >= 0.3 is 6.09 Å². The monoisotopic (exact) mass is 404 g/mol. The third kappa shape index (κ3) is 4.85. The number of hydrogen-bond acceptors (Lipinski definition) is 5. The van der Waals surface area contributed by atoms with Gasteiger partial charge in [0.05, 0.1) is 0 Å². The first-order chi connectivity index (χ1) is 13.1. The molecule has 0 saturated carbocycles. The van der Waals surface area contributed by atoms with Crippen molar-refractivity contribution in [3.05, 3.63) is 28.4 Å². The van der Waals surface area contributed by atoms with Crippen molar-refractivity contribution in [1.82, 2.24) is 15.5 Å². The maximum absolute atomic E-state index is 11.9. The number of anilines is 1. The molecule has 1 amide bonds. The summed E-state index contributed by atoms with van der Waals surface area (Å²) in [6.45, 7) is 12.2. The molecule has 1 fully saturated rings. The van der Waals surface area contributed by atoms with Crippen molar-refractivity contribution >= 4 is 34.3 Å². The molecule has 1 saturated heterocycles. The number of carbonyl (C=O) groups excluding carboxylic acids is 1. The Morgan fingerprint density at radius 1 is 1.18 bits per heavy atom. The van der Waals surface area contributed by atoms with E-state index in [9.17, 15) is 4.79 Å². The Bertz CT molecular complexity index is 871. The molecular weight excluding hydrogens is 376 g/mol. The van der Waals surface area contributed by atoms with Crippen LogP contribution in [0.25, 0.3) is 10.8 Å². The molecule has 1 aliphatic heterocycles. The first-order valence-corrected chi connectivity index (χ1v) is 10.2. The van der Waals surface area contributed by atoms with Crippen molar-refractivity contribution in [3.63, 3.8) is 0 Å². The summed E-state index contributed by atoms with van der Waals surface area (Å²) < 4.78 is 5.31. The molecule has 0 spiro atoms. The molecule has 1 aromatic heterocycles. The van der Waals surface area contributed by atoms with Crippen LogP contribution in [0.15, 0.2) is 12.1 Å². The first kappa shape index (κ1) is 20.6. The molecule has 0 radical (unpaired) electrons. The van der Waals surface area contributed by atoms with Crippen LogP contribution in [0.1, 0.15) is 44.7 Å². The van der Waals surface area contributed by atoms with Crippen LogP contribution in [0.4, 0.5) is 10.6 Å². The lowest BCUT2D eigenvalue weighted by Crippen LogP contribution is -2.40. The van der Waals surface area contributed by atoms with Gasteiger partial charge in [-0.05, 0) is 76.6 Å². The van der Waals surface area contributed by atoms with Crippen molar-refractivity contribution in [2.24, 2.45) is 5.92 Å². The number of alkyl carbamates (subject to hydrolysis) is 1. The zero-order chi connectivity index (χ0) is 20.5. The highest BCUT2D eigenvalue weighted by molar-refractivity contribution is 6.34. The summed E-state index contributed by atoms with van der Waals surface area (Å²) in [7, 11) is 0. The van der Waals surface area contributed by atoms with Gasteiger partial charge in [0, 0.05) is 30.4 Å². The number of aryl methyl sites for hydroxylation is 2. The number of hydrogen-bond donors (Lipinski definition) is 1. The van der Waals surface area contributed by atoms with E-state index in [-0.39, 0.29) is 6.09 Å². The zero-order valence-corrected chi connectivity index (χ0v) is 18.1. The second kappa shape index (κ2) is 8.11. The van der Waals surface area contributed by atoms with Crippen LogP contribution in [0, 0.1) is 19.8 Å². The van der Waals surface area contributed by atoms with E-state index >= 15 is 0 Å². The number of benzene rings is 1. The molecule has 0 aliphatic carbocycles. The molecule has 6 nitrogen and oxygen atoms in total. The second-order valence-corrected chi connectivity index (χ2v) is 8.97. The number of ether oxygens (including phenoxy) is 1. The van der Waals surface area contributed by atoms with Gasteiger partial charge in [-0.3, -0.25) is 0 Å². The van der Waals surface area contributed by atoms with Gasteiger partial charge in [-0.1, -0.05) is 11.6 Å². The number of nitrogens with one attached hydrogen (secondary N) is 1. The Hall–Kier alpha value is -2.08. The quantitative estimate of drug-likeness (QED) is 0.806. The number of rotatable bonds is 3. The summed E-state index contributed by atoms with van der Waals surface area (Å²) in [5, 5.41) is 13.9. The number of piperidine rings is 1. The number of fused-ring (bicyclic) bond motifs is 1. The van der Waals surface area contributed by atoms with E-state index in [0.29, 0.717) is 17.6 Å². The summed E-state index contributed by atoms with van der Waals surface area (Å²) in [4.78, 5) is 14.1. The predicted octanol–water partition coefficient (Wildman–Crippen LogP) is 4.64. The highest BCUT2D eigenvalue weighted by atomic mass is 35.5. The van der Waals surface area contributed by atoms with E-state index in [4.69, 9.17) is 16.3 Å². The number of aromatic nitrogens is 2. The number of nitrogens with zero attached hydrogens (tertiary/aromatic N) is 3. The Morgan fingerprint density at radius 3 is 2.39 bits per heavy atom. The number of carbonyl (C=O) groups is 1. The molecule has 1 aliphatic rings. The Morgan fingerprint density at radius 2 is 1.79 bits per heavy atom. The summed E-state index contributed by atoms with van der Waals surface area (Å²) in [6.07, 6.45) is 1.61. The number of halogens is 1. The third-order valence-corrected chi connectivity index (χ3v) is 5.46. The van der Waals surface area contributed by atoms with Gasteiger partial charge in [-0.15, -0.1) is 10.2 Å². The highest BCUT2D eigenvalue weighted by Gasteiger charge is 2.24. The van der Waals surface area contributed by atoms with Gasteiger partial charge in [0.1, 0.15) is 5.60 Å². The smallest absolute Gasteiger partial charge is 0.407 e. The minimum Gasteiger partial charge on any atom is -0.444 e. The summed E-state index contributed by atoms with van der Waals surface area (Å²) in [6, 6.07) is 4.24. The van der Waals surface area contributed by atoms with Gasteiger partial charge in [0.25, 0.3) is 0 Å². The van der Waals surface area contributed by atoms with Gasteiger partial charge in [0.2, 0.25) is 0 Å². The van der Waals surface area contributed by atoms with E-state index in [1.165, 1.54) is 11.1 Å². The largest absolute Gasteiger partial charge is 0.444 e. The molecular formula is C21H29ClN4O2. The molecule has 0 bridgehead atoms. The van der Waals surface area contributed by atoms with Gasteiger partial charge in [-0.25, -0.2) is 4.79 Å². The molecule has 7 heteroatoms. The van der Waals surface area contributed by atoms with E-state index in [0.717, 1.165) is 42.5 Å². The van der Waals surface area contributed by atoms with Gasteiger partial charge < -0.3 is 15.0 Å². The van der Waals surface area contributed by atoms with Crippen LogP contribution in [0.5, 0.6) is 0 Å². The van der Waals surface area contributed by atoms with Crippen LogP contribution in [-0.4, -0.2) is 41.5 Å². The zero-order valence-electron chi connectivity index (χ0n) is 17.3. The average molecular weight is 405 g/mol. The second-order valence-electron chi connectivity index (χ2n) is 8.61. The molecule has 2 aromatic rings. The van der Waals surface area contributed by atoms with Crippen molar-refractivity contribution in [1.29, 1.82) is 0 Å². The van der Waals surface area contributed by atoms with Crippen LogP contribution in [0.2, 0.25) is 5.15 Å². The van der Waals surface area contributed by atoms with Crippen LogP contribution in [0.3, 0.4) is 0 Å². The van der Waals surface area contributed by atoms with Crippen molar-refractivity contribution in [2.75, 3.05) is 24.5 Å². The minimum atomic E-state index is -0.474. The molecule has 28 heavy (non-hydrogen) atoms. The molecule has 1 aromatic carbocycles. The third-order valence-electron chi connectivity index (χ3n) is 5.18. The fourth-order valence-corrected chi connectivity index (χ4v) is 3.69. The lowest BCUT2D eigenvalue weighted by Gasteiger charge is -2.33. The van der Waals surface area contributed by atoms with E-state index in [2.05, 4.69) is 46.4 Å². The SMILES string of the molecule is Cc1cc2c(Cl)nnc(N3CCC(CNC(=O)OC(C)(C)C)CC3)c2cc1C. The number of amides is 1. The van der Waals surface area contributed by atoms with Crippen molar-refractivity contribution in [2.45, 2.75) is 53.1 Å². The van der Waals surface area contributed by atoms with E-state index < -0.39 is 5.60 Å².